The van der Waals surface area contributed by atoms with E-state index in [4.69, 9.17) is 0 Å². The first-order valence-electron chi connectivity index (χ1n) is 6.55. The van der Waals surface area contributed by atoms with Crippen molar-refractivity contribution in [2.45, 2.75) is 19.9 Å². The Morgan fingerprint density at radius 1 is 1.10 bits per heavy atom. The minimum absolute atomic E-state index is 0.00882. The molecule has 2 aromatic rings. The van der Waals surface area contributed by atoms with Crippen molar-refractivity contribution in [3.8, 4) is 0 Å². The Balaban J connectivity index is 1.92. The molecule has 2 rings (SSSR count). The second-order valence-corrected chi connectivity index (χ2v) is 4.46. The average molecular weight is 272 g/mol. The Hall–Kier alpha value is -2.36. The van der Waals surface area contributed by atoms with Gasteiger partial charge in [-0.25, -0.2) is 4.39 Å². The fourth-order valence-electron chi connectivity index (χ4n) is 1.77. The molecule has 0 unspecified atom stereocenters. The zero-order chi connectivity index (χ0) is 14.4. The third-order valence-electron chi connectivity index (χ3n) is 2.88. The SMILES string of the molecule is CCC(=O)Nc1ccc(NCc2cccc(F)c2)cc1. The molecule has 0 spiro atoms. The molecular formula is C16H17FN2O. The summed E-state index contributed by atoms with van der Waals surface area (Å²) in [6, 6.07) is 13.9. The Labute approximate surface area is 117 Å². The molecular weight excluding hydrogens is 255 g/mol. The summed E-state index contributed by atoms with van der Waals surface area (Å²) in [6.07, 6.45) is 0.458. The molecule has 0 aliphatic carbocycles. The van der Waals surface area contributed by atoms with Gasteiger partial charge in [-0.05, 0) is 42.0 Å². The monoisotopic (exact) mass is 272 g/mol. The van der Waals surface area contributed by atoms with Gasteiger partial charge in [-0.15, -0.1) is 0 Å². The number of benzene rings is 2. The van der Waals surface area contributed by atoms with Crippen molar-refractivity contribution in [3.63, 3.8) is 0 Å². The second kappa shape index (κ2) is 6.70. The fraction of sp³-hybridized carbons (Fsp3) is 0.188. The fourth-order valence-corrected chi connectivity index (χ4v) is 1.77. The smallest absolute Gasteiger partial charge is 0.224 e. The van der Waals surface area contributed by atoms with Gasteiger partial charge in [-0.1, -0.05) is 19.1 Å². The normalized spacial score (nSPS) is 10.1. The van der Waals surface area contributed by atoms with Crippen molar-refractivity contribution in [1.82, 2.24) is 0 Å². The molecule has 2 aromatic carbocycles. The van der Waals surface area contributed by atoms with E-state index in [0.717, 1.165) is 16.9 Å². The van der Waals surface area contributed by atoms with Crippen LogP contribution in [0.15, 0.2) is 48.5 Å². The molecule has 0 bridgehead atoms. The summed E-state index contributed by atoms with van der Waals surface area (Å²) in [5, 5.41) is 5.99. The summed E-state index contributed by atoms with van der Waals surface area (Å²) in [6.45, 7) is 2.36. The van der Waals surface area contributed by atoms with Crippen molar-refractivity contribution in [2.24, 2.45) is 0 Å². The molecule has 0 saturated carbocycles. The van der Waals surface area contributed by atoms with E-state index in [1.807, 2.05) is 37.3 Å². The lowest BCUT2D eigenvalue weighted by molar-refractivity contribution is -0.115. The summed E-state index contributed by atoms with van der Waals surface area (Å²) in [5.41, 5.74) is 2.57. The van der Waals surface area contributed by atoms with Crippen LogP contribution >= 0.6 is 0 Å². The van der Waals surface area contributed by atoms with Gasteiger partial charge in [0.15, 0.2) is 0 Å². The Kier molecular flexibility index (Phi) is 4.71. The summed E-state index contributed by atoms with van der Waals surface area (Å²) < 4.78 is 13.0. The molecule has 20 heavy (non-hydrogen) atoms. The van der Waals surface area contributed by atoms with E-state index in [1.54, 1.807) is 6.07 Å². The van der Waals surface area contributed by atoms with Gasteiger partial charge in [0.05, 0.1) is 0 Å². The van der Waals surface area contributed by atoms with Gasteiger partial charge >= 0.3 is 0 Å². The molecule has 0 saturated heterocycles. The maximum Gasteiger partial charge on any atom is 0.224 e. The van der Waals surface area contributed by atoms with Crippen LogP contribution in [0.3, 0.4) is 0 Å². The van der Waals surface area contributed by atoms with Gasteiger partial charge in [0, 0.05) is 24.3 Å². The summed E-state index contributed by atoms with van der Waals surface area (Å²) >= 11 is 0. The molecule has 4 heteroatoms. The maximum absolute atomic E-state index is 13.0. The van der Waals surface area contributed by atoms with Crippen LogP contribution < -0.4 is 10.6 Å². The lowest BCUT2D eigenvalue weighted by Crippen LogP contribution is -2.09. The van der Waals surface area contributed by atoms with Crippen LogP contribution in [-0.2, 0) is 11.3 Å². The van der Waals surface area contributed by atoms with Crippen molar-refractivity contribution in [2.75, 3.05) is 10.6 Å². The third kappa shape index (κ3) is 4.09. The zero-order valence-corrected chi connectivity index (χ0v) is 11.3. The minimum atomic E-state index is -0.234. The van der Waals surface area contributed by atoms with E-state index in [1.165, 1.54) is 12.1 Å². The third-order valence-corrected chi connectivity index (χ3v) is 2.88. The number of anilines is 2. The van der Waals surface area contributed by atoms with Crippen molar-refractivity contribution in [1.29, 1.82) is 0 Å². The highest BCUT2D eigenvalue weighted by Crippen LogP contribution is 2.15. The predicted octanol–water partition coefficient (Wildman–Crippen LogP) is 3.79. The Bertz CT molecular complexity index is 581. The number of hydrogen-bond donors (Lipinski definition) is 2. The topological polar surface area (TPSA) is 41.1 Å². The van der Waals surface area contributed by atoms with E-state index in [2.05, 4.69) is 10.6 Å². The van der Waals surface area contributed by atoms with Gasteiger partial charge in [0.2, 0.25) is 5.91 Å². The number of carbonyl (C=O) groups excluding carboxylic acids is 1. The van der Waals surface area contributed by atoms with Crippen LogP contribution in [0, 0.1) is 5.82 Å². The van der Waals surface area contributed by atoms with E-state index in [-0.39, 0.29) is 11.7 Å². The van der Waals surface area contributed by atoms with Crippen LogP contribution in [0.2, 0.25) is 0 Å². The maximum atomic E-state index is 13.0. The predicted molar refractivity (Wildman–Crippen MR) is 79.1 cm³/mol. The molecule has 0 fully saturated rings. The average Bonchev–Trinajstić information content (AvgIpc) is 2.46. The van der Waals surface area contributed by atoms with E-state index in [0.29, 0.717) is 13.0 Å². The number of halogens is 1. The number of carbonyl (C=O) groups is 1. The number of nitrogens with one attached hydrogen (secondary N) is 2. The molecule has 0 aliphatic rings. The highest BCUT2D eigenvalue weighted by atomic mass is 19.1. The molecule has 0 atom stereocenters. The van der Waals surface area contributed by atoms with Crippen LogP contribution in [0.1, 0.15) is 18.9 Å². The molecule has 0 aliphatic heterocycles. The molecule has 0 radical (unpaired) electrons. The van der Waals surface area contributed by atoms with Crippen molar-refractivity contribution in [3.05, 3.63) is 59.9 Å². The Morgan fingerprint density at radius 2 is 1.80 bits per heavy atom. The molecule has 0 heterocycles. The first-order valence-corrected chi connectivity index (χ1v) is 6.55. The lowest BCUT2D eigenvalue weighted by atomic mass is 10.2. The standard InChI is InChI=1S/C16H17FN2O/c1-2-16(20)19-15-8-6-14(7-9-15)18-11-12-4-3-5-13(17)10-12/h3-10,18H,2,11H2,1H3,(H,19,20). The number of rotatable bonds is 5. The van der Waals surface area contributed by atoms with Crippen LogP contribution in [-0.4, -0.2) is 5.91 Å². The second-order valence-electron chi connectivity index (χ2n) is 4.46. The molecule has 2 N–H and O–H groups in total. The molecule has 1 amide bonds. The number of amides is 1. The van der Waals surface area contributed by atoms with E-state index < -0.39 is 0 Å². The van der Waals surface area contributed by atoms with Crippen LogP contribution in [0.25, 0.3) is 0 Å². The molecule has 0 aromatic heterocycles. The van der Waals surface area contributed by atoms with Gasteiger partial charge < -0.3 is 10.6 Å². The minimum Gasteiger partial charge on any atom is -0.381 e. The first-order chi connectivity index (χ1) is 9.67. The van der Waals surface area contributed by atoms with Crippen LogP contribution in [0.5, 0.6) is 0 Å². The summed E-state index contributed by atoms with van der Waals surface area (Å²) in [7, 11) is 0. The largest absolute Gasteiger partial charge is 0.381 e. The van der Waals surface area contributed by atoms with E-state index in [9.17, 15) is 9.18 Å². The van der Waals surface area contributed by atoms with Gasteiger partial charge in [-0.2, -0.15) is 0 Å². The van der Waals surface area contributed by atoms with E-state index >= 15 is 0 Å². The molecule has 3 nitrogen and oxygen atoms in total. The highest BCUT2D eigenvalue weighted by molar-refractivity contribution is 5.90. The van der Waals surface area contributed by atoms with Crippen molar-refractivity contribution < 1.29 is 9.18 Å². The Morgan fingerprint density at radius 3 is 2.45 bits per heavy atom. The summed E-state index contributed by atoms with van der Waals surface area (Å²) in [5.74, 6) is -0.243. The van der Waals surface area contributed by atoms with Gasteiger partial charge in [-0.3, -0.25) is 4.79 Å². The summed E-state index contributed by atoms with van der Waals surface area (Å²) in [4.78, 5) is 11.2. The van der Waals surface area contributed by atoms with Gasteiger partial charge in [0.25, 0.3) is 0 Å². The highest BCUT2D eigenvalue weighted by Gasteiger charge is 1.99. The quantitative estimate of drug-likeness (QED) is 0.869. The molecule has 104 valence electrons. The lowest BCUT2D eigenvalue weighted by Gasteiger charge is -2.08. The van der Waals surface area contributed by atoms with Crippen molar-refractivity contribution >= 4 is 17.3 Å². The van der Waals surface area contributed by atoms with Crippen LogP contribution in [0.4, 0.5) is 15.8 Å². The number of hydrogen-bond acceptors (Lipinski definition) is 2. The van der Waals surface area contributed by atoms with Gasteiger partial charge in [0.1, 0.15) is 5.82 Å². The zero-order valence-electron chi connectivity index (χ0n) is 11.3. The first kappa shape index (κ1) is 14.1.